The molecule has 0 radical (unpaired) electrons. The van der Waals surface area contributed by atoms with E-state index in [9.17, 15) is 0 Å². The molecule has 1 aromatic rings. The van der Waals surface area contributed by atoms with Crippen molar-refractivity contribution in [2.45, 2.75) is 45.9 Å². The van der Waals surface area contributed by atoms with Crippen molar-refractivity contribution in [2.24, 2.45) is 5.92 Å². The van der Waals surface area contributed by atoms with Crippen LogP contribution in [0.3, 0.4) is 0 Å². The van der Waals surface area contributed by atoms with Crippen molar-refractivity contribution < 1.29 is 4.74 Å². The third-order valence-corrected chi connectivity index (χ3v) is 4.34. The Hall–Kier alpha value is -0.900. The first-order chi connectivity index (χ1) is 10.2. The van der Waals surface area contributed by atoms with Gasteiger partial charge >= 0.3 is 0 Å². The van der Waals surface area contributed by atoms with E-state index in [1.165, 1.54) is 43.6 Å². The van der Waals surface area contributed by atoms with Crippen molar-refractivity contribution in [1.82, 2.24) is 10.2 Å². The number of hydrogen-bond donors (Lipinski definition) is 1. The van der Waals surface area contributed by atoms with Gasteiger partial charge in [-0.15, -0.1) is 0 Å². The standard InChI is InChI=1S/C18H30N2O/c1-15(2)20(13-18-5-4-10-19-11-18)12-16-6-8-17(9-7-16)14-21-3/h6-9,15,18-19H,4-5,10-14H2,1-3H3. The largest absolute Gasteiger partial charge is 0.380 e. The van der Waals surface area contributed by atoms with Crippen LogP contribution in [0.15, 0.2) is 24.3 Å². The van der Waals surface area contributed by atoms with Crippen LogP contribution in [-0.2, 0) is 17.9 Å². The summed E-state index contributed by atoms with van der Waals surface area (Å²) in [6.07, 6.45) is 2.69. The third kappa shape index (κ3) is 5.42. The van der Waals surface area contributed by atoms with Crippen molar-refractivity contribution in [3.8, 4) is 0 Å². The SMILES string of the molecule is COCc1ccc(CN(CC2CCCNC2)C(C)C)cc1. The number of nitrogens with one attached hydrogen (secondary N) is 1. The molecule has 3 nitrogen and oxygen atoms in total. The van der Waals surface area contributed by atoms with Gasteiger partial charge in [-0.05, 0) is 56.8 Å². The Labute approximate surface area is 129 Å². The fraction of sp³-hybridized carbons (Fsp3) is 0.667. The fourth-order valence-corrected chi connectivity index (χ4v) is 3.01. The quantitative estimate of drug-likeness (QED) is 0.835. The van der Waals surface area contributed by atoms with Crippen LogP contribution in [0.5, 0.6) is 0 Å². The van der Waals surface area contributed by atoms with Crippen LogP contribution in [0.2, 0.25) is 0 Å². The molecule has 0 aliphatic carbocycles. The van der Waals surface area contributed by atoms with Crippen molar-refractivity contribution in [2.75, 3.05) is 26.7 Å². The Morgan fingerprint density at radius 1 is 1.24 bits per heavy atom. The molecule has 0 amide bonds. The number of ether oxygens (including phenoxy) is 1. The summed E-state index contributed by atoms with van der Waals surface area (Å²) in [5.41, 5.74) is 2.64. The van der Waals surface area contributed by atoms with Gasteiger partial charge < -0.3 is 10.1 Å². The van der Waals surface area contributed by atoms with Gasteiger partial charge in [0.2, 0.25) is 0 Å². The van der Waals surface area contributed by atoms with Crippen LogP contribution in [0, 0.1) is 5.92 Å². The van der Waals surface area contributed by atoms with Gasteiger partial charge in [-0.2, -0.15) is 0 Å². The molecule has 1 aromatic carbocycles. The molecule has 2 rings (SSSR count). The van der Waals surface area contributed by atoms with Gasteiger partial charge in [0, 0.05) is 26.2 Å². The van der Waals surface area contributed by atoms with Gasteiger partial charge in [0.1, 0.15) is 0 Å². The molecular formula is C18H30N2O. The number of nitrogens with zero attached hydrogens (tertiary/aromatic N) is 1. The highest BCUT2D eigenvalue weighted by atomic mass is 16.5. The number of rotatable bonds is 7. The van der Waals surface area contributed by atoms with E-state index in [-0.39, 0.29) is 0 Å². The molecule has 3 heteroatoms. The maximum atomic E-state index is 5.17. The predicted octanol–water partition coefficient (Wildman–Crippen LogP) is 3.04. The number of hydrogen-bond acceptors (Lipinski definition) is 3. The van der Waals surface area contributed by atoms with E-state index in [0.29, 0.717) is 12.6 Å². The van der Waals surface area contributed by atoms with Gasteiger partial charge in [0.05, 0.1) is 6.61 Å². The molecule has 1 fully saturated rings. The van der Waals surface area contributed by atoms with Crippen molar-refractivity contribution in [3.05, 3.63) is 35.4 Å². The first-order valence-electron chi connectivity index (χ1n) is 8.20. The maximum Gasteiger partial charge on any atom is 0.0713 e. The lowest BCUT2D eigenvalue weighted by atomic mass is 9.98. The average Bonchev–Trinajstić information content (AvgIpc) is 2.50. The second-order valence-electron chi connectivity index (χ2n) is 6.49. The summed E-state index contributed by atoms with van der Waals surface area (Å²) in [6.45, 7) is 9.91. The number of benzene rings is 1. The van der Waals surface area contributed by atoms with Gasteiger partial charge in [-0.25, -0.2) is 0 Å². The van der Waals surface area contributed by atoms with Gasteiger partial charge in [0.25, 0.3) is 0 Å². The van der Waals surface area contributed by atoms with Crippen LogP contribution in [0.4, 0.5) is 0 Å². The topological polar surface area (TPSA) is 24.5 Å². The Morgan fingerprint density at radius 2 is 1.95 bits per heavy atom. The molecule has 21 heavy (non-hydrogen) atoms. The molecule has 118 valence electrons. The molecule has 1 N–H and O–H groups in total. The maximum absolute atomic E-state index is 5.17. The lowest BCUT2D eigenvalue weighted by Crippen LogP contribution is -2.40. The zero-order valence-corrected chi connectivity index (χ0v) is 13.8. The molecule has 0 saturated carbocycles. The number of piperidine rings is 1. The second kappa shape index (κ2) is 8.52. The van der Waals surface area contributed by atoms with E-state index in [0.717, 1.165) is 12.5 Å². The van der Waals surface area contributed by atoms with Crippen LogP contribution in [-0.4, -0.2) is 37.7 Å². The Balaban J connectivity index is 1.91. The lowest BCUT2D eigenvalue weighted by Gasteiger charge is -2.32. The molecule has 1 atom stereocenters. The van der Waals surface area contributed by atoms with Crippen molar-refractivity contribution in [1.29, 1.82) is 0 Å². The highest BCUT2D eigenvalue weighted by Crippen LogP contribution is 2.16. The van der Waals surface area contributed by atoms with E-state index in [4.69, 9.17) is 4.74 Å². The summed E-state index contributed by atoms with van der Waals surface area (Å²) in [4.78, 5) is 2.60. The van der Waals surface area contributed by atoms with E-state index >= 15 is 0 Å². The van der Waals surface area contributed by atoms with E-state index in [1.54, 1.807) is 7.11 Å². The first-order valence-corrected chi connectivity index (χ1v) is 8.20. The molecule has 0 bridgehead atoms. The van der Waals surface area contributed by atoms with Crippen molar-refractivity contribution in [3.63, 3.8) is 0 Å². The first kappa shape index (κ1) is 16.5. The predicted molar refractivity (Wildman–Crippen MR) is 88.3 cm³/mol. The molecule has 1 aliphatic heterocycles. The average molecular weight is 290 g/mol. The zero-order valence-electron chi connectivity index (χ0n) is 13.8. The molecular weight excluding hydrogens is 260 g/mol. The lowest BCUT2D eigenvalue weighted by molar-refractivity contribution is 0.164. The second-order valence-corrected chi connectivity index (χ2v) is 6.49. The monoisotopic (exact) mass is 290 g/mol. The summed E-state index contributed by atoms with van der Waals surface area (Å²) in [6, 6.07) is 9.43. The van der Waals surface area contributed by atoms with Crippen LogP contribution < -0.4 is 5.32 Å². The summed E-state index contributed by atoms with van der Waals surface area (Å²) in [7, 11) is 1.74. The number of methoxy groups -OCH3 is 1. The van der Waals surface area contributed by atoms with Crippen LogP contribution >= 0.6 is 0 Å². The van der Waals surface area contributed by atoms with Gasteiger partial charge in [-0.3, -0.25) is 4.90 Å². The smallest absolute Gasteiger partial charge is 0.0713 e. The highest BCUT2D eigenvalue weighted by Gasteiger charge is 2.19. The molecule has 0 aromatic heterocycles. The van der Waals surface area contributed by atoms with E-state index in [2.05, 4.69) is 48.3 Å². The molecule has 1 heterocycles. The molecule has 0 spiro atoms. The highest BCUT2D eigenvalue weighted by molar-refractivity contribution is 5.22. The van der Waals surface area contributed by atoms with Gasteiger partial charge in [-0.1, -0.05) is 24.3 Å². The van der Waals surface area contributed by atoms with Crippen molar-refractivity contribution >= 4 is 0 Å². The summed E-state index contributed by atoms with van der Waals surface area (Å²) >= 11 is 0. The Bertz CT molecular complexity index is 396. The van der Waals surface area contributed by atoms with E-state index in [1.807, 2.05) is 0 Å². The zero-order chi connectivity index (χ0) is 15.1. The van der Waals surface area contributed by atoms with Gasteiger partial charge in [0.15, 0.2) is 0 Å². The molecule has 1 unspecified atom stereocenters. The molecule has 1 aliphatic rings. The Kier molecular flexibility index (Phi) is 6.68. The minimum absolute atomic E-state index is 0.588. The van der Waals surface area contributed by atoms with Crippen LogP contribution in [0.25, 0.3) is 0 Å². The fourth-order valence-electron chi connectivity index (χ4n) is 3.01. The summed E-state index contributed by atoms with van der Waals surface area (Å²) in [5, 5.41) is 3.52. The third-order valence-electron chi connectivity index (χ3n) is 4.34. The normalized spacial score (nSPS) is 19.4. The van der Waals surface area contributed by atoms with Crippen LogP contribution in [0.1, 0.15) is 37.8 Å². The Morgan fingerprint density at radius 3 is 2.52 bits per heavy atom. The minimum atomic E-state index is 0.588. The summed E-state index contributed by atoms with van der Waals surface area (Å²) < 4.78 is 5.17. The minimum Gasteiger partial charge on any atom is -0.380 e. The molecule has 1 saturated heterocycles. The summed E-state index contributed by atoms with van der Waals surface area (Å²) in [5.74, 6) is 0.800. The van der Waals surface area contributed by atoms with E-state index < -0.39 is 0 Å².